The number of carbonyl (C=O) groups excluding carboxylic acids is 1. The molecule has 1 atom stereocenters. The first-order valence-corrected chi connectivity index (χ1v) is 7.79. The zero-order valence-corrected chi connectivity index (χ0v) is 13.7. The quantitative estimate of drug-likeness (QED) is 0.876. The minimum absolute atomic E-state index is 0.244. The summed E-state index contributed by atoms with van der Waals surface area (Å²) in [5, 5.41) is 13.0. The maximum absolute atomic E-state index is 12.4. The van der Waals surface area contributed by atoms with Gasteiger partial charge in [0.2, 0.25) is 0 Å². The van der Waals surface area contributed by atoms with E-state index in [1.165, 1.54) is 11.3 Å². The maximum atomic E-state index is 12.4. The number of nitrogens with one attached hydrogen (secondary N) is 1. The summed E-state index contributed by atoms with van der Waals surface area (Å²) in [6, 6.07) is 6.19. The van der Waals surface area contributed by atoms with Gasteiger partial charge in [-0.2, -0.15) is 0 Å². The molecule has 1 aromatic carbocycles. The van der Waals surface area contributed by atoms with Crippen LogP contribution in [0.4, 0.5) is 0 Å². The van der Waals surface area contributed by atoms with Crippen molar-refractivity contribution in [3.8, 4) is 0 Å². The molecule has 1 amide bonds. The topological polar surface area (TPSA) is 79.3 Å². The predicted octanol–water partition coefficient (Wildman–Crippen LogP) is 3.36. The van der Waals surface area contributed by atoms with Crippen LogP contribution in [0.2, 0.25) is 5.02 Å². The average Bonchev–Trinajstić information content (AvgIpc) is 2.77. The van der Waals surface area contributed by atoms with E-state index in [2.05, 4.69) is 10.3 Å². The van der Waals surface area contributed by atoms with Gasteiger partial charge in [0.25, 0.3) is 5.91 Å². The van der Waals surface area contributed by atoms with Crippen LogP contribution in [-0.4, -0.2) is 22.0 Å². The van der Waals surface area contributed by atoms with E-state index in [0.29, 0.717) is 21.2 Å². The van der Waals surface area contributed by atoms with Crippen molar-refractivity contribution in [3.05, 3.63) is 50.4 Å². The molecule has 116 valence electrons. The van der Waals surface area contributed by atoms with Crippen molar-refractivity contribution in [2.75, 3.05) is 0 Å². The van der Waals surface area contributed by atoms with Crippen molar-refractivity contribution >= 4 is 34.8 Å². The van der Waals surface area contributed by atoms with Crippen LogP contribution in [0.5, 0.6) is 0 Å². The van der Waals surface area contributed by atoms with Crippen molar-refractivity contribution in [1.82, 2.24) is 10.3 Å². The summed E-state index contributed by atoms with van der Waals surface area (Å²) in [7, 11) is 0. The average molecular weight is 339 g/mol. The van der Waals surface area contributed by atoms with Crippen LogP contribution < -0.4 is 5.32 Å². The van der Waals surface area contributed by atoms with E-state index < -0.39 is 12.0 Å². The highest BCUT2D eigenvalue weighted by molar-refractivity contribution is 7.13. The minimum Gasteiger partial charge on any atom is -0.481 e. The SMILES string of the molecule is Cc1nc(C)c(C(=O)N[C@H](CC(=O)O)c2ccccc2Cl)s1. The van der Waals surface area contributed by atoms with Gasteiger partial charge in [-0.25, -0.2) is 4.98 Å². The van der Waals surface area contributed by atoms with Crippen molar-refractivity contribution < 1.29 is 14.7 Å². The number of hydrogen-bond donors (Lipinski definition) is 2. The van der Waals surface area contributed by atoms with E-state index >= 15 is 0 Å². The van der Waals surface area contributed by atoms with Crippen LogP contribution in [0.1, 0.15) is 38.4 Å². The van der Waals surface area contributed by atoms with Crippen molar-refractivity contribution in [1.29, 1.82) is 0 Å². The third kappa shape index (κ3) is 3.84. The van der Waals surface area contributed by atoms with E-state index in [4.69, 9.17) is 16.7 Å². The number of aryl methyl sites for hydroxylation is 2. The maximum Gasteiger partial charge on any atom is 0.305 e. The second kappa shape index (κ2) is 6.89. The first-order valence-electron chi connectivity index (χ1n) is 6.59. The number of benzene rings is 1. The highest BCUT2D eigenvalue weighted by atomic mass is 35.5. The second-order valence-corrected chi connectivity index (χ2v) is 6.40. The van der Waals surface area contributed by atoms with Crippen LogP contribution in [0, 0.1) is 13.8 Å². The van der Waals surface area contributed by atoms with Crippen LogP contribution in [0.3, 0.4) is 0 Å². The number of halogens is 1. The van der Waals surface area contributed by atoms with Gasteiger partial charge >= 0.3 is 5.97 Å². The summed E-state index contributed by atoms with van der Waals surface area (Å²) in [6.45, 7) is 3.57. The number of rotatable bonds is 5. The summed E-state index contributed by atoms with van der Waals surface area (Å²) < 4.78 is 0. The normalized spacial score (nSPS) is 12.0. The second-order valence-electron chi connectivity index (χ2n) is 4.79. The number of thiazole rings is 1. The van der Waals surface area contributed by atoms with Gasteiger partial charge in [0.05, 0.1) is 23.2 Å². The van der Waals surface area contributed by atoms with Gasteiger partial charge in [0, 0.05) is 5.02 Å². The fourth-order valence-corrected chi connectivity index (χ4v) is 3.23. The number of hydrogen-bond acceptors (Lipinski definition) is 4. The highest BCUT2D eigenvalue weighted by Crippen LogP contribution is 2.26. The van der Waals surface area contributed by atoms with Crippen LogP contribution >= 0.6 is 22.9 Å². The first-order chi connectivity index (χ1) is 10.4. The number of nitrogens with zero attached hydrogens (tertiary/aromatic N) is 1. The van der Waals surface area contributed by atoms with E-state index in [1.807, 2.05) is 6.92 Å². The lowest BCUT2D eigenvalue weighted by Gasteiger charge is -2.18. The third-order valence-corrected chi connectivity index (χ3v) is 4.49. The molecule has 5 nitrogen and oxygen atoms in total. The van der Waals surface area contributed by atoms with E-state index in [9.17, 15) is 9.59 Å². The molecule has 1 heterocycles. The largest absolute Gasteiger partial charge is 0.481 e. The molecule has 2 aromatic rings. The highest BCUT2D eigenvalue weighted by Gasteiger charge is 2.23. The van der Waals surface area contributed by atoms with Crippen LogP contribution in [-0.2, 0) is 4.79 Å². The van der Waals surface area contributed by atoms with Gasteiger partial charge in [0.15, 0.2) is 0 Å². The van der Waals surface area contributed by atoms with Crippen molar-refractivity contribution in [3.63, 3.8) is 0 Å². The lowest BCUT2D eigenvalue weighted by atomic mass is 10.0. The smallest absolute Gasteiger partial charge is 0.305 e. The molecule has 22 heavy (non-hydrogen) atoms. The molecule has 0 saturated heterocycles. The fraction of sp³-hybridized carbons (Fsp3) is 0.267. The van der Waals surface area contributed by atoms with Crippen LogP contribution in [0.25, 0.3) is 0 Å². The van der Waals surface area contributed by atoms with E-state index in [-0.39, 0.29) is 12.3 Å². The molecule has 2 N–H and O–H groups in total. The Labute approximate surface area is 137 Å². The molecular formula is C15H15ClN2O3S. The Morgan fingerprint density at radius 1 is 1.36 bits per heavy atom. The molecule has 0 aliphatic rings. The number of aliphatic carboxylic acids is 1. The van der Waals surface area contributed by atoms with E-state index in [0.717, 1.165) is 5.01 Å². The van der Waals surface area contributed by atoms with Gasteiger partial charge in [0.1, 0.15) is 4.88 Å². The third-order valence-electron chi connectivity index (χ3n) is 3.07. The molecule has 1 aromatic heterocycles. The molecule has 0 aliphatic carbocycles. The molecule has 0 radical (unpaired) electrons. The molecule has 0 bridgehead atoms. The minimum atomic E-state index is -1.01. The van der Waals surface area contributed by atoms with Crippen LogP contribution in [0.15, 0.2) is 24.3 Å². The summed E-state index contributed by atoms with van der Waals surface area (Å²) in [6.07, 6.45) is -0.244. The number of aromatic nitrogens is 1. The Morgan fingerprint density at radius 3 is 2.59 bits per heavy atom. The number of carboxylic acids is 1. The summed E-state index contributed by atoms with van der Waals surface area (Å²) in [4.78, 5) is 28.1. The van der Waals surface area contributed by atoms with E-state index in [1.54, 1.807) is 31.2 Å². The fourth-order valence-electron chi connectivity index (χ4n) is 2.14. The number of carbonyl (C=O) groups is 2. The van der Waals surface area contributed by atoms with Crippen molar-refractivity contribution in [2.45, 2.75) is 26.3 Å². The molecule has 7 heteroatoms. The predicted molar refractivity (Wildman–Crippen MR) is 85.5 cm³/mol. The zero-order chi connectivity index (χ0) is 16.3. The molecule has 2 rings (SSSR count). The molecule has 0 fully saturated rings. The first kappa shape index (κ1) is 16.5. The zero-order valence-electron chi connectivity index (χ0n) is 12.1. The van der Waals surface area contributed by atoms with Crippen molar-refractivity contribution in [2.24, 2.45) is 0 Å². The Hall–Kier alpha value is -1.92. The molecular weight excluding hydrogens is 324 g/mol. The van der Waals surface area contributed by atoms with Gasteiger partial charge in [-0.3, -0.25) is 9.59 Å². The van der Waals surface area contributed by atoms with Gasteiger partial charge in [-0.15, -0.1) is 11.3 Å². The lowest BCUT2D eigenvalue weighted by molar-refractivity contribution is -0.137. The Morgan fingerprint density at radius 2 is 2.05 bits per heavy atom. The number of amides is 1. The lowest BCUT2D eigenvalue weighted by Crippen LogP contribution is -2.30. The summed E-state index contributed by atoms with van der Waals surface area (Å²) in [5.74, 6) is -1.35. The molecule has 0 saturated carbocycles. The Bertz CT molecular complexity index is 715. The van der Waals surface area contributed by atoms with Gasteiger partial charge < -0.3 is 10.4 Å². The summed E-state index contributed by atoms with van der Waals surface area (Å²) in [5.41, 5.74) is 1.21. The van der Waals surface area contributed by atoms with Gasteiger partial charge in [-0.05, 0) is 25.5 Å². The van der Waals surface area contributed by atoms with Gasteiger partial charge in [-0.1, -0.05) is 29.8 Å². The standard InChI is InChI=1S/C15H15ClN2O3S/c1-8-14(22-9(2)17-8)15(21)18-12(7-13(19)20)10-5-3-4-6-11(10)16/h3-6,12H,7H2,1-2H3,(H,18,21)(H,19,20)/t12-/m1/s1. The Balaban J connectivity index is 2.27. The monoisotopic (exact) mass is 338 g/mol. The molecule has 0 spiro atoms. The molecule has 0 aliphatic heterocycles. The molecule has 0 unspecified atom stereocenters. The summed E-state index contributed by atoms with van der Waals surface area (Å²) >= 11 is 7.39. The Kier molecular flexibility index (Phi) is 5.15. The number of carboxylic acid groups (broad SMARTS) is 1.